The first-order valence-electron chi connectivity index (χ1n) is 9.96. The number of hydrogen-bond acceptors (Lipinski definition) is 6. The lowest BCUT2D eigenvalue weighted by Crippen LogP contribution is -2.36. The van der Waals surface area contributed by atoms with Crippen molar-refractivity contribution in [3.63, 3.8) is 0 Å². The average molecular weight is 416 g/mol. The van der Waals surface area contributed by atoms with E-state index in [1.54, 1.807) is 0 Å². The smallest absolute Gasteiger partial charge is 0.251 e. The second-order valence-corrected chi connectivity index (χ2v) is 9.27. The van der Waals surface area contributed by atoms with Gasteiger partial charge >= 0.3 is 0 Å². The number of hydrogen-bond donors (Lipinski definition) is 1. The molecule has 7 nitrogen and oxygen atoms in total. The number of carbonyl (C=O) groups is 1. The van der Waals surface area contributed by atoms with E-state index in [1.165, 1.54) is 17.8 Å². The number of rotatable bonds is 5. The number of H-pyrrole nitrogens is 1. The molecule has 29 heavy (non-hydrogen) atoms. The van der Waals surface area contributed by atoms with E-state index in [0.717, 1.165) is 44.0 Å². The number of nitrogens with zero attached hydrogens (tertiary/aromatic N) is 4. The van der Waals surface area contributed by atoms with E-state index in [-0.39, 0.29) is 22.6 Å². The fraction of sp³-hybridized carbons (Fsp3) is 0.524. The molecule has 3 heterocycles. The minimum absolute atomic E-state index is 0.0819. The van der Waals surface area contributed by atoms with E-state index < -0.39 is 0 Å². The highest BCUT2D eigenvalue weighted by Gasteiger charge is 2.21. The zero-order valence-corrected chi connectivity index (χ0v) is 18.2. The van der Waals surface area contributed by atoms with Crippen LogP contribution in [0.2, 0.25) is 0 Å². The number of pyridine rings is 1. The number of amides is 1. The summed E-state index contributed by atoms with van der Waals surface area (Å²) in [6.45, 7) is 10.1. The number of carbonyl (C=O) groups excluding carboxylic acids is 1. The molecular formula is C21H29N5O2S. The first-order chi connectivity index (χ1) is 13.8. The van der Waals surface area contributed by atoms with Gasteiger partial charge in [-0.05, 0) is 18.6 Å². The number of nitrogens with one attached hydrogen (secondary N) is 1. The largest absolute Gasteiger partial charge is 0.341 e. The summed E-state index contributed by atoms with van der Waals surface area (Å²) in [4.78, 5) is 40.5. The van der Waals surface area contributed by atoms with E-state index >= 15 is 0 Å². The second kappa shape index (κ2) is 9.54. The highest BCUT2D eigenvalue weighted by Crippen LogP contribution is 2.21. The van der Waals surface area contributed by atoms with Crippen LogP contribution in [0.1, 0.15) is 38.6 Å². The Morgan fingerprint density at radius 3 is 2.76 bits per heavy atom. The van der Waals surface area contributed by atoms with Gasteiger partial charge in [-0.15, -0.1) is 0 Å². The third kappa shape index (κ3) is 6.40. The summed E-state index contributed by atoms with van der Waals surface area (Å²) < 4.78 is 0. The standard InChI is InChI=1S/C21H29N5O2S/c1-21(2,3)17-13-18(27)24-20(23-17)29-15-19(28)26-10-6-9-25(11-12-26)14-16-7-4-5-8-22-16/h4-5,7-8,13H,6,9-12,14-15H2,1-3H3,(H,23,24,27). The molecule has 0 spiro atoms. The zero-order chi connectivity index (χ0) is 20.9. The molecule has 156 valence electrons. The number of aromatic amines is 1. The molecule has 8 heteroatoms. The van der Waals surface area contributed by atoms with Gasteiger partial charge in [0.25, 0.3) is 5.56 Å². The summed E-state index contributed by atoms with van der Waals surface area (Å²) in [6, 6.07) is 7.48. The van der Waals surface area contributed by atoms with Gasteiger partial charge in [-0.1, -0.05) is 38.6 Å². The van der Waals surface area contributed by atoms with Crippen molar-refractivity contribution >= 4 is 17.7 Å². The lowest BCUT2D eigenvalue weighted by Gasteiger charge is -2.22. The third-order valence-corrected chi connectivity index (χ3v) is 5.73. The molecule has 0 saturated carbocycles. The predicted molar refractivity (Wildman–Crippen MR) is 115 cm³/mol. The Labute approximate surface area is 175 Å². The molecule has 2 aromatic rings. The molecule has 3 rings (SSSR count). The highest BCUT2D eigenvalue weighted by molar-refractivity contribution is 7.99. The van der Waals surface area contributed by atoms with E-state index in [9.17, 15) is 9.59 Å². The Bertz CT molecular complexity index is 879. The molecule has 0 atom stereocenters. The van der Waals surface area contributed by atoms with Crippen LogP contribution in [-0.2, 0) is 16.8 Å². The lowest BCUT2D eigenvalue weighted by molar-refractivity contribution is -0.128. The minimum Gasteiger partial charge on any atom is -0.341 e. The van der Waals surface area contributed by atoms with Gasteiger partial charge < -0.3 is 9.88 Å². The fourth-order valence-electron chi connectivity index (χ4n) is 3.21. The van der Waals surface area contributed by atoms with Crippen LogP contribution in [0.3, 0.4) is 0 Å². The first-order valence-corrected chi connectivity index (χ1v) is 10.9. The van der Waals surface area contributed by atoms with Crippen molar-refractivity contribution in [3.05, 3.63) is 52.2 Å². The molecule has 1 fully saturated rings. The van der Waals surface area contributed by atoms with Crippen molar-refractivity contribution in [1.29, 1.82) is 0 Å². The van der Waals surface area contributed by atoms with Crippen LogP contribution >= 0.6 is 11.8 Å². The quantitative estimate of drug-likeness (QED) is 0.596. The maximum Gasteiger partial charge on any atom is 0.251 e. The van der Waals surface area contributed by atoms with Gasteiger partial charge in [0, 0.05) is 50.4 Å². The van der Waals surface area contributed by atoms with Crippen molar-refractivity contribution in [2.24, 2.45) is 0 Å². The summed E-state index contributed by atoms with van der Waals surface area (Å²) in [5.74, 6) is 0.357. The van der Waals surface area contributed by atoms with Crippen LogP contribution in [0.15, 0.2) is 40.4 Å². The molecule has 2 aromatic heterocycles. The molecule has 0 unspecified atom stereocenters. The lowest BCUT2D eigenvalue weighted by atomic mass is 9.92. The van der Waals surface area contributed by atoms with Gasteiger partial charge in [0.05, 0.1) is 17.1 Å². The normalized spacial score (nSPS) is 15.9. The third-order valence-electron chi connectivity index (χ3n) is 4.87. The maximum atomic E-state index is 12.7. The summed E-state index contributed by atoms with van der Waals surface area (Å²) >= 11 is 1.30. The monoisotopic (exact) mass is 415 g/mol. The van der Waals surface area contributed by atoms with Crippen LogP contribution < -0.4 is 5.56 Å². The fourth-order valence-corrected chi connectivity index (χ4v) is 3.99. The van der Waals surface area contributed by atoms with Gasteiger partial charge in [-0.3, -0.25) is 19.5 Å². The predicted octanol–water partition coefficient (Wildman–Crippen LogP) is 2.29. The molecule has 1 saturated heterocycles. The maximum absolute atomic E-state index is 12.7. The van der Waals surface area contributed by atoms with Gasteiger partial charge in [0.1, 0.15) is 0 Å². The van der Waals surface area contributed by atoms with Crippen molar-refractivity contribution < 1.29 is 4.79 Å². The Balaban J connectivity index is 1.54. The highest BCUT2D eigenvalue weighted by atomic mass is 32.2. The van der Waals surface area contributed by atoms with Crippen LogP contribution in [-0.4, -0.2) is 62.6 Å². The molecule has 1 aliphatic rings. The van der Waals surface area contributed by atoms with Crippen LogP contribution in [0.25, 0.3) is 0 Å². The van der Waals surface area contributed by atoms with Crippen LogP contribution in [0, 0.1) is 0 Å². The Kier molecular flexibility index (Phi) is 7.08. The molecule has 0 aliphatic carbocycles. The van der Waals surface area contributed by atoms with Gasteiger partial charge in [0.2, 0.25) is 5.91 Å². The van der Waals surface area contributed by atoms with E-state index in [1.807, 2.05) is 50.1 Å². The van der Waals surface area contributed by atoms with E-state index in [0.29, 0.717) is 11.7 Å². The van der Waals surface area contributed by atoms with Crippen LogP contribution in [0.5, 0.6) is 0 Å². The topological polar surface area (TPSA) is 82.2 Å². The average Bonchev–Trinajstić information content (AvgIpc) is 2.91. The van der Waals surface area contributed by atoms with E-state index in [4.69, 9.17) is 0 Å². The zero-order valence-electron chi connectivity index (χ0n) is 17.4. The van der Waals surface area contributed by atoms with Crippen molar-refractivity contribution in [2.75, 3.05) is 31.9 Å². The summed E-state index contributed by atoms with van der Waals surface area (Å²) in [6.07, 6.45) is 2.76. The first kappa shape index (κ1) is 21.5. The molecule has 0 bridgehead atoms. The molecule has 1 N–H and O–H groups in total. The Hall–Kier alpha value is -2.19. The second-order valence-electron chi connectivity index (χ2n) is 8.31. The van der Waals surface area contributed by atoms with Gasteiger partial charge in [0.15, 0.2) is 5.16 Å². The van der Waals surface area contributed by atoms with Gasteiger partial charge in [-0.2, -0.15) is 0 Å². The summed E-state index contributed by atoms with van der Waals surface area (Å²) in [5.41, 5.74) is 1.39. The Morgan fingerprint density at radius 2 is 2.03 bits per heavy atom. The number of thioether (sulfide) groups is 1. The Morgan fingerprint density at radius 1 is 1.21 bits per heavy atom. The molecule has 1 aliphatic heterocycles. The van der Waals surface area contributed by atoms with Crippen molar-refractivity contribution in [2.45, 2.75) is 44.3 Å². The molecule has 0 radical (unpaired) electrons. The SMILES string of the molecule is CC(C)(C)c1cc(=O)[nH]c(SCC(=O)N2CCCN(Cc3ccccn3)CC2)n1. The molecule has 1 amide bonds. The van der Waals surface area contributed by atoms with Gasteiger partial charge in [-0.25, -0.2) is 4.98 Å². The van der Waals surface area contributed by atoms with Crippen molar-refractivity contribution in [1.82, 2.24) is 24.8 Å². The van der Waals surface area contributed by atoms with Crippen molar-refractivity contribution in [3.8, 4) is 0 Å². The molecule has 0 aromatic carbocycles. The van der Waals surface area contributed by atoms with E-state index in [2.05, 4.69) is 19.9 Å². The summed E-state index contributed by atoms with van der Waals surface area (Å²) in [5, 5.41) is 0.502. The molecular weight excluding hydrogens is 386 g/mol. The number of aromatic nitrogens is 3. The summed E-state index contributed by atoms with van der Waals surface area (Å²) in [7, 11) is 0. The minimum atomic E-state index is -0.213. The van der Waals surface area contributed by atoms with Crippen LogP contribution in [0.4, 0.5) is 0 Å².